The van der Waals surface area contributed by atoms with Gasteiger partial charge in [0, 0.05) is 6.54 Å². The van der Waals surface area contributed by atoms with Gasteiger partial charge >= 0.3 is 6.09 Å². The zero-order chi connectivity index (χ0) is 16.7. The minimum Gasteiger partial charge on any atom is -0.484 e. The molecule has 1 aromatic rings. The van der Waals surface area contributed by atoms with Crippen molar-refractivity contribution in [3.8, 4) is 5.75 Å². The van der Waals surface area contributed by atoms with E-state index < -0.39 is 12.1 Å². The Hall–Kier alpha value is -2.57. The van der Waals surface area contributed by atoms with Crippen molar-refractivity contribution in [2.24, 2.45) is 0 Å². The molecule has 7 nitrogen and oxygen atoms in total. The molecule has 124 valence electrons. The Morgan fingerprint density at radius 3 is 2.70 bits per heavy atom. The Morgan fingerprint density at radius 1 is 1.30 bits per heavy atom. The second-order valence-electron chi connectivity index (χ2n) is 5.10. The third kappa shape index (κ3) is 4.98. The van der Waals surface area contributed by atoms with Gasteiger partial charge in [0.1, 0.15) is 5.75 Å². The fourth-order valence-electron chi connectivity index (χ4n) is 2.25. The highest BCUT2D eigenvalue weighted by atomic mass is 16.6. The van der Waals surface area contributed by atoms with Crippen LogP contribution in [0, 0.1) is 0 Å². The summed E-state index contributed by atoms with van der Waals surface area (Å²) in [4.78, 5) is 36.8. The lowest BCUT2D eigenvalue weighted by Gasteiger charge is -2.30. The molecular formula is C16H20N2O5. The maximum absolute atomic E-state index is 12.0. The number of hydrogen-bond donors (Lipinski definition) is 1. The molecule has 1 atom stereocenters. The van der Waals surface area contributed by atoms with Crippen LogP contribution in [0.5, 0.6) is 5.75 Å². The number of piperidine rings is 1. The van der Waals surface area contributed by atoms with Crippen molar-refractivity contribution < 1.29 is 23.9 Å². The molecule has 7 heteroatoms. The van der Waals surface area contributed by atoms with Gasteiger partial charge in [-0.2, -0.15) is 0 Å². The summed E-state index contributed by atoms with van der Waals surface area (Å²) in [6, 6.07) is 8.37. The third-order valence-electron chi connectivity index (χ3n) is 3.40. The van der Waals surface area contributed by atoms with Gasteiger partial charge in [-0.25, -0.2) is 4.79 Å². The number of rotatable bonds is 5. The molecule has 0 bridgehead atoms. The summed E-state index contributed by atoms with van der Waals surface area (Å²) in [6.45, 7) is 2.13. The standard InChI is InChI=1S/C16H20N2O5/c1-2-22-16(21)18-9-8-13(14(19)10-18)17-15(20)11-23-12-6-4-3-5-7-12/h3-7,13H,2,8-11H2,1H3,(H,17,20). The molecule has 2 rings (SSSR count). The summed E-state index contributed by atoms with van der Waals surface area (Å²) in [6.07, 6.45) is -0.132. The first-order valence-corrected chi connectivity index (χ1v) is 7.51. The SMILES string of the molecule is CCOC(=O)N1CCC(NC(=O)COc2ccccc2)C(=O)C1. The predicted octanol–water partition coefficient (Wildman–Crippen LogP) is 0.981. The number of ketones is 1. The van der Waals surface area contributed by atoms with Crippen LogP contribution in [0.15, 0.2) is 30.3 Å². The molecule has 1 fully saturated rings. The number of para-hydroxylation sites is 1. The molecule has 1 unspecified atom stereocenters. The second kappa shape index (κ2) is 8.17. The highest BCUT2D eigenvalue weighted by Crippen LogP contribution is 2.10. The number of carbonyl (C=O) groups is 3. The molecular weight excluding hydrogens is 300 g/mol. The monoisotopic (exact) mass is 320 g/mol. The Morgan fingerprint density at radius 2 is 2.04 bits per heavy atom. The van der Waals surface area contributed by atoms with Gasteiger partial charge < -0.3 is 19.7 Å². The van der Waals surface area contributed by atoms with E-state index in [2.05, 4.69) is 5.32 Å². The van der Waals surface area contributed by atoms with E-state index in [1.807, 2.05) is 18.2 Å². The maximum atomic E-state index is 12.0. The minimum atomic E-state index is -0.590. The van der Waals surface area contributed by atoms with Gasteiger partial charge in [-0.3, -0.25) is 9.59 Å². The molecule has 0 radical (unpaired) electrons. The first-order chi connectivity index (χ1) is 11.1. The number of nitrogens with one attached hydrogen (secondary N) is 1. The van der Waals surface area contributed by atoms with Crippen LogP contribution in [0.2, 0.25) is 0 Å². The number of ether oxygens (including phenoxy) is 2. The predicted molar refractivity (Wildman–Crippen MR) is 82.1 cm³/mol. The van der Waals surface area contributed by atoms with Crippen LogP contribution in [0.3, 0.4) is 0 Å². The van der Waals surface area contributed by atoms with Crippen molar-refractivity contribution in [2.45, 2.75) is 19.4 Å². The second-order valence-corrected chi connectivity index (χ2v) is 5.10. The van der Waals surface area contributed by atoms with E-state index in [4.69, 9.17) is 9.47 Å². The zero-order valence-corrected chi connectivity index (χ0v) is 13.0. The van der Waals surface area contributed by atoms with Crippen LogP contribution < -0.4 is 10.1 Å². The fourth-order valence-corrected chi connectivity index (χ4v) is 2.25. The third-order valence-corrected chi connectivity index (χ3v) is 3.40. The number of Topliss-reactive ketones (excluding diaryl/α,β-unsaturated/α-hetero) is 1. The van der Waals surface area contributed by atoms with E-state index >= 15 is 0 Å². The van der Waals surface area contributed by atoms with Crippen LogP contribution >= 0.6 is 0 Å². The van der Waals surface area contributed by atoms with E-state index in [0.717, 1.165) is 0 Å². The molecule has 0 saturated carbocycles. The van der Waals surface area contributed by atoms with Gasteiger partial charge in [-0.1, -0.05) is 18.2 Å². The van der Waals surface area contributed by atoms with E-state index in [9.17, 15) is 14.4 Å². The summed E-state index contributed by atoms with van der Waals surface area (Å²) in [5.41, 5.74) is 0. The largest absolute Gasteiger partial charge is 0.484 e. The van der Waals surface area contributed by atoms with Crippen molar-refractivity contribution in [2.75, 3.05) is 26.3 Å². The van der Waals surface area contributed by atoms with Gasteiger partial charge in [-0.15, -0.1) is 0 Å². The smallest absolute Gasteiger partial charge is 0.410 e. The van der Waals surface area contributed by atoms with Crippen LogP contribution in [-0.2, 0) is 14.3 Å². The van der Waals surface area contributed by atoms with Gasteiger partial charge in [-0.05, 0) is 25.5 Å². The normalized spacial score (nSPS) is 17.5. The van der Waals surface area contributed by atoms with E-state index in [1.165, 1.54) is 4.90 Å². The molecule has 1 aliphatic rings. The molecule has 23 heavy (non-hydrogen) atoms. The lowest BCUT2D eigenvalue weighted by Crippen LogP contribution is -2.53. The summed E-state index contributed by atoms with van der Waals surface area (Å²) < 4.78 is 10.2. The van der Waals surface area contributed by atoms with Crippen LogP contribution in [0.4, 0.5) is 4.79 Å². The first kappa shape index (κ1) is 16.8. The quantitative estimate of drug-likeness (QED) is 0.874. The van der Waals surface area contributed by atoms with Crippen molar-refractivity contribution in [1.29, 1.82) is 0 Å². The highest BCUT2D eigenvalue weighted by molar-refractivity contribution is 5.93. The average molecular weight is 320 g/mol. The highest BCUT2D eigenvalue weighted by Gasteiger charge is 2.31. The number of nitrogens with zero attached hydrogens (tertiary/aromatic N) is 1. The van der Waals surface area contributed by atoms with Crippen LogP contribution in [0.1, 0.15) is 13.3 Å². The summed E-state index contributed by atoms with van der Waals surface area (Å²) in [7, 11) is 0. The van der Waals surface area contributed by atoms with Gasteiger partial charge in [0.2, 0.25) is 0 Å². The van der Waals surface area contributed by atoms with E-state index in [0.29, 0.717) is 18.7 Å². The molecule has 1 aromatic carbocycles. The Bertz CT molecular complexity index is 561. The van der Waals surface area contributed by atoms with Crippen molar-refractivity contribution in [1.82, 2.24) is 10.2 Å². The molecule has 2 amide bonds. The van der Waals surface area contributed by atoms with Gasteiger partial charge in [0.25, 0.3) is 5.91 Å². The summed E-state index contributed by atoms with van der Waals surface area (Å²) in [5.74, 6) is 0.0141. The summed E-state index contributed by atoms with van der Waals surface area (Å²) in [5, 5.41) is 2.64. The fraction of sp³-hybridized carbons (Fsp3) is 0.438. The average Bonchev–Trinajstić information content (AvgIpc) is 2.56. The van der Waals surface area contributed by atoms with Crippen molar-refractivity contribution in [3.05, 3.63) is 30.3 Å². The van der Waals surface area contributed by atoms with Crippen LogP contribution in [-0.4, -0.2) is 55.0 Å². The molecule has 1 N–H and O–H groups in total. The number of benzene rings is 1. The van der Waals surface area contributed by atoms with E-state index in [-0.39, 0.29) is 31.4 Å². The number of carbonyl (C=O) groups excluding carboxylic acids is 3. The Labute approximate surface area is 134 Å². The topological polar surface area (TPSA) is 84.9 Å². The lowest BCUT2D eigenvalue weighted by atomic mass is 10.0. The Kier molecular flexibility index (Phi) is 5.96. The minimum absolute atomic E-state index is 0.0523. The van der Waals surface area contributed by atoms with Crippen LogP contribution in [0.25, 0.3) is 0 Å². The van der Waals surface area contributed by atoms with Gasteiger partial charge in [0.05, 0.1) is 19.2 Å². The maximum Gasteiger partial charge on any atom is 0.410 e. The molecule has 0 spiro atoms. The molecule has 0 aromatic heterocycles. The molecule has 0 aliphatic carbocycles. The molecule has 1 saturated heterocycles. The van der Waals surface area contributed by atoms with Crippen molar-refractivity contribution >= 4 is 17.8 Å². The number of hydrogen-bond acceptors (Lipinski definition) is 5. The summed E-state index contributed by atoms with van der Waals surface area (Å²) >= 11 is 0. The molecule has 1 aliphatic heterocycles. The Balaban J connectivity index is 1.76. The van der Waals surface area contributed by atoms with E-state index in [1.54, 1.807) is 19.1 Å². The molecule has 1 heterocycles. The zero-order valence-electron chi connectivity index (χ0n) is 13.0. The first-order valence-electron chi connectivity index (χ1n) is 7.51. The van der Waals surface area contributed by atoms with Gasteiger partial charge in [0.15, 0.2) is 12.4 Å². The lowest BCUT2D eigenvalue weighted by molar-refractivity contribution is -0.130. The number of likely N-dealkylation sites (tertiary alicyclic amines) is 1. The number of amides is 2. The van der Waals surface area contributed by atoms with Crippen molar-refractivity contribution in [3.63, 3.8) is 0 Å².